The van der Waals surface area contributed by atoms with Crippen LogP contribution in [0.3, 0.4) is 0 Å². The molecule has 5 rings (SSSR count). The van der Waals surface area contributed by atoms with E-state index in [0.29, 0.717) is 31.2 Å². The molecule has 0 aliphatic rings. The highest BCUT2D eigenvalue weighted by molar-refractivity contribution is 6.42. The Hall–Kier alpha value is -4.67. The first-order valence-electron chi connectivity index (χ1n) is 19.9. The lowest BCUT2D eigenvalue weighted by molar-refractivity contribution is 0.0927. The second-order valence-electron chi connectivity index (χ2n) is 15.5. The highest BCUT2D eigenvalue weighted by Crippen LogP contribution is 2.24. The third kappa shape index (κ3) is 19.7. The Morgan fingerprint density at radius 1 is 0.349 bits per heavy atom. The molecule has 0 spiro atoms. The molecule has 0 amide bonds. The van der Waals surface area contributed by atoms with Crippen LogP contribution >= 0.6 is 46.4 Å². The number of Topliss-reactive ketones (excluding diaryl/α,β-unsaturated/α-hetero) is 5. The normalized spacial score (nSPS) is 10.5. The number of rotatable bonds is 10. The molecule has 0 saturated carbocycles. The predicted molar refractivity (Wildman–Crippen MR) is 248 cm³/mol. The maximum atomic E-state index is 13.2. The third-order valence-corrected chi connectivity index (χ3v) is 9.70. The smallest absolute Gasteiger partial charge is 0.168 e. The Balaban J connectivity index is 0.000000394. The number of carbonyl (C=O) groups excluding carboxylic acids is 5. The van der Waals surface area contributed by atoms with E-state index in [2.05, 4.69) is 0 Å². The number of hydrogen-bond acceptors (Lipinski definition) is 5. The van der Waals surface area contributed by atoms with Crippen LogP contribution in [0.25, 0.3) is 0 Å². The van der Waals surface area contributed by atoms with E-state index in [1.165, 1.54) is 42.5 Å². The van der Waals surface area contributed by atoms with Gasteiger partial charge in [0.05, 0.1) is 21.2 Å². The molecule has 0 atom stereocenters. The quantitative estimate of drug-likeness (QED) is 0.103. The molecule has 13 heteroatoms. The highest BCUT2D eigenvalue weighted by atomic mass is 35.5. The van der Waals surface area contributed by atoms with Crippen LogP contribution in [0, 0.1) is 52.9 Å². The van der Waals surface area contributed by atoms with Gasteiger partial charge in [-0.05, 0) is 97.1 Å². The van der Waals surface area contributed by atoms with Gasteiger partial charge in [0.2, 0.25) is 0 Å². The standard InChI is InChI=1S/C10H10Cl2O.C10H10ClFO.C10H11ClO.C10H10F2O.C10H11FO/c1-6(2)10(13)7-3-4-8(11)9(12)5-7;1-6(2)10(13)8-4-3-7(11)5-9(8)12;1-7(2)10(12)8-3-5-9(11)6-4-8;1-6(2)10(13)8-4-3-7(11)5-9(8)12;1-7(2)10(12)8-3-5-9(11)6-4-8/h2*3-6H,1-2H3;3-7H,1-2H3;3-6H,1-2H3;3-7H,1-2H3. The van der Waals surface area contributed by atoms with E-state index in [0.717, 1.165) is 23.8 Å². The van der Waals surface area contributed by atoms with Crippen molar-refractivity contribution in [2.75, 3.05) is 0 Å². The van der Waals surface area contributed by atoms with Crippen LogP contribution in [0.1, 0.15) is 121 Å². The van der Waals surface area contributed by atoms with Gasteiger partial charge < -0.3 is 0 Å². The zero-order chi connectivity index (χ0) is 48.3. The SMILES string of the molecule is CC(C)C(=O)c1ccc(Cl)c(Cl)c1.CC(C)C(=O)c1ccc(Cl)cc1.CC(C)C(=O)c1ccc(Cl)cc1F.CC(C)C(=O)c1ccc(F)cc1.CC(C)C(=O)c1ccc(F)cc1F. The zero-order valence-electron chi connectivity index (χ0n) is 36.8. The van der Waals surface area contributed by atoms with Crippen molar-refractivity contribution in [2.24, 2.45) is 29.6 Å². The summed E-state index contributed by atoms with van der Waals surface area (Å²) in [4.78, 5) is 57.0. The first kappa shape index (κ1) is 56.3. The molecular formula is C50H52Cl4F4O5. The van der Waals surface area contributed by atoms with Gasteiger partial charge in [0.15, 0.2) is 28.9 Å². The summed E-state index contributed by atoms with van der Waals surface area (Å²) in [5.41, 5.74) is 1.99. The fraction of sp³-hybridized carbons (Fsp3) is 0.300. The highest BCUT2D eigenvalue weighted by Gasteiger charge is 2.17. The fourth-order valence-corrected chi connectivity index (χ4v) is 5.46. The van der Waals surface area contributed by atoms with Gasteiger partial charge in [-0.15, -0.1) is 0 Å². The summed E-state index contributed by atoms with van der Waals surface area (Å²) in [5, 5.41) is 1.86. The molecule has 338 valence electrons. The molecule has 0 N–H and O–H groups in total. The van der Waals surface area contributed by atoms with Crippen molar-refractivity contribution in [3.8, 4) is 0 Å². The second-order valence-corrected chi connectivity index (χ2v) is 17.2. The average Bonchev–Trinajstić information content (AvgIpc) is 3.22. The van der Waals surface area contributed by atoms with Gasteiger partial charge in [-0.2, -0.15) is 0 Å². The zero-order valence-corrected chi connectivity index (χ0v) is 39.8. The maximum absolute atomic E-state index is 13.2. The van der Waals surface area contributed by atoms with E-state index in [-0.39, 0.29) is 75.4 Å². The van der Waals surface area contributed by atoms with Gasteiger partial charge in [0, 0.05) is 62.4 Å². The molecule has 0 bridgehead atoms. The van der Waals surface area contributed by atoms with Crippen LogP contribution in [0.2, 0.25) is 20.1 Å². The van der Waals surface area contributed by atoms with Crippen molar-refractivity contribution in [3.63, 3.8) is 0 Å². The molecule has 0 fully saturated rings. The van der Waals surface area contributed by atoms with Crippen LogP contribution in [0.4, 0.5) is 17.6 Å². The summed E-state index contributed by atoms with van der Waals surface area (Å²) in [5.74, 6) is -3.01. The van der Waals surface area contributed by atoms with Crippen molar-refractivity contribution in [1.82, 2.24) is 0 Å². The summed E-state index contributed by atoms with van der Waals surface area (Å²) < 4.78 is 51.1. The van der Waals surface area contributed by atoms with Crippen LogP contribution in [-0.4, -0.2) is 28.9 Å². The molecule has 0 aromatic heterocycles. The molecule has 0 saturated heterocycles. The Kier molecular flexibility index (Phi) is 24.6. The minimum atomic E-state index is -0.793. The molecule has 0 radical (unpaired) electrons. The van der Waals surface area contributed by atoms with Crippen molar-refractivity contribution in [3.05, 3.63) is 174 Å². The number of hydrogen-bond donors (Lipinski definition) is 0. The Bertz CT molecular complexity index is 2180. The minimum Gasteiger partial charge on any atom is -0.294 e. The summed E-state index contributed by atoms with van der Waals surface area (Å²) >= 11 is 22.7. The molecule has 0 heterocycles. The lowest BCUT2D eigenvalue weighted by atomic mass is 10.0. The molecule has 0 unspecified atom stereocenters. The molecule has 0 aliphatic carbocycles. The maximum Gasteiger partial charge on any atom is 0.168 e. The van der Waals surface area contributed by atoms with E-state index < -0.39 is 17.5 Å². The second kappa shape index (κ2) is 27.5. The first-order valence-corrected chi connectivity index (χ1v) is 21.4. The van der Waals surface area contributed by atoms with Gasteiger partial charge in [-0.1, -0.05) is 116 Å². The van der Waals surface area contributed by atoms with Crippen molar-refractivity contribution in [1.29, 1.82) is 0 Å². The predicted octanol–water partition coefficient (Wildman–Crippen LogP) is 15.8. The molecule has 5 nitrogen and oxygen atoms in total. The van der Waals surface area contributed by atoms with Gasteiger partial charge in [0.1, 0.15) is 23.3 Å². The lowest BCUT2D eigenvalue weighted by Gasteiger charge is -2.04. The number of ketones is 5. The molecule has 5 aromatic rings. The number of carbonyl (C=O) groups is 5. The number of halogens is 8. The van der Waals surface area contributed by atoms with E-state index in [9.17, 15) is 41.5 Å². The first-order chi connectivity index (χ1) is 29.3. The van der Waals surface area contributed by atoms with Crippen LogP contribution < -0.4 is 0 Å². The van der Waals surface area contributed by atoms with Crippen LogP contribution in [0.15, 0.2) is 103 Å². The molecule has 5 aromatic carbocycles. The lowest BCUT2D eigenvalue weighted by Crippen LogP contribution is -2.09. The van der Waals surface area contributed by atoms with E-state index in [4.69, 9.17) is 46.4 Å². The Morgan fingerprint density at radius 3 is 1.06 bits per heavy atom. The van der Waals surface area contributed by atoms with E-state index in [1.807, 2.05) is 41.5 Å². The van der Waals surface area contributed by atoms with Gasteiger partial charge in [-0.3, -0.25) is 24.0 Å². The van der Waals surface area contributed by atoms with Crippen molar-refractivity contribution >= 4 is 75.3 Å². The van der Waals surface area contributed by atoms with Gasteiger partial charge in [-0.25, -0.2) is 17.6 Å². The summed E-state index contributed by atoms with van der Waals surface area (Å²) in [6.07, 6.45) is 0. The monoisotopic (exact) mass is 948 g/mol. The van der Waals surface area contributed by atoms with Crippen molar-refractivity contribution in [2.45, 2.75) is 69.2 Å². The van der Waals surface area contributed by atoms with E-state index >= 15 is 0 Å². The largest absolute Gasteiger partial charge is 0.294 e. The van der Waals surface area contributed by atoms with Crippen LogP contribution in [0.5, 0.6) is 0 Å². The molecule has 63 heavy (non-hydrogen) atoms. The van der Waals surface area contributed by atoms with Crippen LogP contribution in [-0.2, 0) is 0 Å². The van der Waals surface area contributed by atoms with Gasteiger partial charge in [0.25, 0.3) is 0 Å². The topological polar surface area (TPSA) is 85.3 Å². The molecule has 0 aliphatic heterocycles. The van der Waals surface area contributed by atoms with Crippen molar-refractivity contribution < 1.29 is 41.5 Å². The Morgan fingerprint density at radius 2 is 0.683 bits per heavy atom. The summed E-state index contributed by atoms with van der Waals surface area (Å²) in [7, 11) is 0. The minimum absolute atomic E-state index is 0.0164. The molecular weight excluding hydrogens is 898 g/mol. The fourth-order valence-electron chi connectivity index (χ4n) is 4.88. The Labute approximate surface area is 388 Å². The van der Waals surface area contributed by atoms with E-state index in [1.54, 1.807) is 70.2 Å². The number of benzene rings is 5. The summed E-state index contributed by atoms with van der Waals surface area (Å²) in [6, 6.07) is 24.6. The average molecular weight is 951 g/mol. The third-order valence-electron chi connectivity index (χ3n) is 8.48. The van der Waals surface area contributed by atoms with Gasteiger partial charge >= 0.3 is 0 Å². The summed E-state index contributed by atoms with van der Waals surface area (Å²) in [6.45, 7) is 17.9.